The Morgan fingerprint density at radius 1 is 1.24 bits per heavy atom. The van der Waals surface area contributed by atoms with E-state index in [1.807, 2.05) is 6.20 Å². The molecular formula is C17H28N4. The topological polar surface area (TPSA) is 31.4 Å². The van der Waals surface area contributed by atoms with Crippen LogP contribution in [-0.2, 0) is 6.54 Å². The van der Waals surface area contributed by atoms with Crippen LogP contribution in [0.2, 0.25) is 0 Å². The molecule has 4 heteroatoms. The van der Waals surface area contributed by atoms with Gasteiger partial charge in [-0.3, -0.25) is 9.80 Å². The fraction of sp³-hybridized carbons (Fsp3) is 0.706. The van der Waals surface area contributed by atoms with E-state index in [2.05, 4.69) is 46.2 Å². The molecule has 2 unspecified atom stereocenters. The van der Waals surface area contributed by atoms with Gasteiger partial charge in [0.1, 0.15) is 5.82 Å². The molecule has 0 amide bonds. The highest BCUT2D eigenvalue weighted by Gasteiger charge is 2.34. The summed E-state index contributed by atoms with van der Waals surface area (Å²) in [6.45, 7) is 6.64. The maximum atomic E-state index is 4.52. The van der Waals surface area contributed by atoms with Gasteiger partial charge < -0.3 is 5.32 Å². The zero-order chi connectivity index (χ0) is 14.7. The third-order valence-electron chi connectivity index (χ3n) is 5.02. The van der Waals surface area contributed by atoms with Crippen molar-refractivity contribution in [1.82, 2.24) is 14.8 Å². The fourth-order valence-electron chi connectivity index (χ4n) is 3.66. The molecule has 1 aromatic heterocycles. The normalized spacial score (nSPS) is 26.8. The van der Waals surface area contributed by atoms with Gasteiger partial charge in [-0.25, -0.2) is 4.98 Å². The minimum absolute atomic E-state index is 0.760. The molecule has 1 N–H and O–H groups in total. The van der Waals surface area contributed by atoms with Crippen molar-refractivity contribution in [2.45, 2.75) is 51.2 Å². The highest BCUT2D eigenvalue weighted by molar-refractivity contribution is 5.35. The largest absolute Gasteiger partial charge is 0.370 e. The molecule has 3 rings (SSSR count). The van der Waals surface area contributed by atoms with Crippen LogP contribution >= 0.6 is 0 Å². The molecular weight excluding hydrogens is 260 g/mol. The zero-order valence-electron chi connectivity index (χ0n) is 13.4. The molecule has 116 valence electrons. The molecule has 2 saturated heterocycles. The first-order chi connectivity index (χ1) is 10.3. The van der Waals surface area contributed by atoms with Crippen LogP contribution in [-0.4, -0.2) is 53.5 Å². The van der Waals surface area contributed by atoms with Gasteiger partial charge in [-0.05, 0) is 44.4 Å². The van der Waals surface area contributed by atoms with Gasteiger partial charge in [-0.2, -0.15) is 0 Å². The Bertz CT molecular complexity index is 445. The molecule has 0 aromatic carbocycles. The summed E-state index contributed by atoms with van der Waals surface area (Å²) in [6, 6.07) is 5.91. The zero-order valence-corrected chi connectivity index (χ0v) is 13.4. The van der Waals surface area contributed by atoms with E-state index < -0.39 is 0 Å². The molecule has 2 aliphatic rings. The van der Waals surface area contributed by atoms with Gasteiger partial charge >= 0.3 is 0 Å². The van der Waals surface area contributed by atoms with Crippen LogP contribution in [0.5, 0.6) is 0 Å². The third kappa shape index (κ3) is 3.55. The Morgan fingerprint density at radius 2 is 2.10 bits per heavy atom. The predicted octanol–water partition coefficient (Wildman–Crippen LogP) is 2.57. The fourth-order valence-corrected chi connectivity index (χ4v) is 3.66. The summed E-state index contributed by atoms with van der Waals surface area (Å²) in [4.78, 5) is 9.73. The van der Waals surface area contributed by atoms with Gasteiger partial charge in [0.25, 0.3) is 0 Å². The number of nitrogens with zero attached hydrogens (tertiary/aromatic N) is 3. The lowest BCUT2D eigenvalue weighted by atomic mass is 10.1. The summed E-state index contributed by atoms with van der Waals surface area (Å²) in [5.74, 6) is 0.996. The van der Waals surface area contributed by atoms with Crippen LogP contribution in [0.4, 0.5) is 5.82 Å². The minimum atomic E-state index is 0.760. The van der Waals surface area contributed by atoms with Crippen molar-refractivity contribution >= 4 is 5.82 Å². The van der Waals surface area contributed by atoms with Crippen molar-refractivity contribution in [1.29, 1.82) is 0 Å². The first-order valence-corrected chi connectivity index (χ1v) is 8.39. The molecule has 21 heavy (non-hydrogen) atoms. The Hall–Kier alpha value is -1.13. The number of likely N-dealkylation sites (tertiary alicyclic amines) is 1. The summed E-state index contributed by atoms with van der Waals surface area (Å²) >= 11 is 0. The molecule has 3 heterocycles. The number of likely N-dealkylation sites (N-methyl/N-ethyl adjacent to an activating group) is 1. The molecule has 2 fully saturated rings. The Labute approximate surface area is 128 Å². The van der Waals surface area contributed by atoms with Crippen LogP contribution in [0.15, 0.2) is 18.3 Å². The van der Waals surface area contributed by atoms with Crippen LogP contribution in [0.1, 0.15) is 38.2 Å². The summed E-state index contributed by atoms with van der Waals surface area (Å²) in [5, 5.41) is 3.33. The van der Waals surface area contributed by atoms with Gasteiger partial charge in [-0.15, -0.1) is 0 Å². The van der Waals surface area contributed by atoms with Crippen molar-refractivity contribution in [3.05, 3.63) is 23.9 Å². The molecule has 2 atom stereocenters. The van der Waals surface area contributed by atoms with Crippen molar-refractivity contribution in [2.24, 2.45) is 0 Å². The van der Waals surface area contributed by atoms with E-state index >= 15 is 0 Å². The van der Waals surface area contributed by atoms with E-state index in [-0.39, 0.29) is 0 Å². The highest BCUT2D eigenvalue weighted by Crippen LogP contribution is 2.28. The monoisotopic (exact) mass is 288 g/mol. The van der Waals surface area contributed by atoms with Gasteiger partial charge in [0.15, 0.2) is 0 Å². The second-order valence-corrected chi connectivity index (χ2v) is 6.55. The number of hydrogen-bond acceptors (Lipinski definition) is 4. The number of anilines is 1. The Morgan fingerprint density at radius 3 is 2.86 bits per heavy atom. The summed E-state index contributed by atoms with van der Waals surface area (Å²) < 4.78 is 0. The first-order valence-electron chi connectivity index (χ1n) is 8.39. The molecule has 0 saturated carbocycles. The molecule has 2 aliphatic heterocycles. The van der Waals surface area contributed by atoms with E-state index in [1.165, 1.54) is 37.9 Å². The van der Waals surface area contributed by atoms with E-state index in [1.54, 1.807) is 0 Å². The highest BCUT2D eigenvalue weighted by atomic mass is 15.3. The Kier molecular flexibility index (Phi) is 4.76. The molecule has 2 bridgehead atoms. The van der Waals surface area contributed by atoms with E-state index in [9.17, 15) is 0 Å². The number of pyridine rings is 1. The Balaban J connectivity index is 1.56. The van der Waals surface area contributed by atoms with Gasteiger partial charge in [0.2, 0.25) is 0 Å². The number of fused-ring (bicyclic) bond motifs is 2. The number of aromatic nitrogens is 1. The van der Waals surface area contributed by atoms with Crippen LogP contribution in [0, 0.1) is 0 Å². The SMILES string of the molecule is CCCNc1ccc(CN2CCC3CCC(C2)N3C)cn1. The number of nitrogens with one attached hydrogen (secondary N) is 1. The standard InChI is InChI=1S/C17H28N4/c1-3-9-18-17-7-4-14(11-19-17)12-21-10-8-15-5-6-16(13-21)20(15)2/h4,7,11,15-16H,3,5-6,8-10,12-13H2,1-2H3,(H,18,19). The minimum Gasteiger partial charge on any atom is -0.370 e. The molecule has 4 nitrogen and oxygen atoms in total. The predicted molar refractivity (Wildman–Crippen MR) is 87.5 cm³/mol. The quantitative estimate of drug-likeness (QED) is 0.902. The van der Waals surface area contributed by atoms with Crippen LogP contribution < -0.4 is 5.32 Å². The maximum absolute atomic E-state index is 4.52. The first kappa shape index (κ1) is 14.8. The molecule has 0 radical (unpaired) electrons. The number of rotatable bonds is 5. The lowest BCUT2D eigenvalue weighted by molar-refractivity contribution is 0.214. The van der Waals surface area contributed by atoms with Crippen LogP contribution in [0.25, 0.3) is 0 Å². The van der Waals surface area contributed by atoms with Crippen molar-refractivity contribution in [3.8, 4) is 0 Å². The van der Waals surface area contributed by atoms with Gasteiger partial charge in [0.05, 0.1) is 0 Å². The molecule has 0 spiro atoms. The summed E-state index contributed by atoms with van der Waals surface area (Å²) in [5.41, 5.74) is 1.33. The van der Waals surface area contributed by atoms with Crippen LogP contribution in [0.3, 0.4) is 0 Å². The summed E-state index contributed by atoms with van der Waals surface area (Å²) in [7, 11) is 2.31. The van der Waals surface area contributed by atoms with Crippen molar-refractivity contribution < 1.29 is 0 Å². The van der Waals surface area contributed by atoms with E-state index in [0.717, 1.165) is 37.4 Å². The van der Waals surface area contributed by atoms with E-state index in [0.29, 0.717) is 0 Å². The lowest BCUT2D eigenvalue weighted by Gasteiger charge is -2.25. The second-order valence-electron chi connectivity index (χ2n) is 6.55. The third-order valence-corrected chi connectivity index (χ3v) is 5.02. The second kappa shape index (κ2) is 6.75. The average Bonchev–Trinajstić information content (AvgIpc) is 2.75. The number of hydrogen-bond donors (Lipinski definition) is 1. The lowest BCUT2D eigenvalue weighted by Crippen LogP contribution is -2.36. The van der Waals surface area contributed by atoms with E-state index in [4.69, 9.17) is 0 Å². The summed E-state index contributed by atoms with van der Waals surface area (Å²) in [6.07, 6.45) is 7.25. The molecule has 0 aliphatic carbocycles. The van der Waals surface area contributed by atoms with Crippen molar-refractivity contribution in [3.63, 3.8) is 0 Å². The maximum Gasteiger partial charge on any atom is 0.125 e. The smallest absolute Gasteiger partial charge is 0.125 e. The van der Waals surface area contributed by atoms with Crippen molar-refractivity contribution in [2.75, 3.05) is 32.0 Å². The van der Waals surface area contributed by atoms with Gasteiger partial charge in [0, 0.05) is 44.5 Å². The average molecular weight is 288 g/mol. The molecule has 1 aromatic rings. The van der Waals surface area contributed by atoms with Gasteiger partial charge in [-0.1, -0.05) is 13.0 Å².